The summed E-state index contributed by atoms with van der Waals surface area (Å²) in [6.45, 7) is 14.6. The minimum Gasteiger partial charge on any atom is -0.507 e. The lowest BCUT2D eigenvalue weighted by atomic mass is 9.74. The fourth-order valence-electron chi connectivity index (χ4n) is 6.10. The summed E-state index contributed by atoms with van der Waals surface area (Å²) in [5.41, 5.74) is 2.09. The number of phenols is 1. The van der Waals surface area contributed by atoms with Crippen molar-refractivity contribution in [2.45, 2.75) is 194 Å². The molecular weight excluding hydrogens is 492 g/mol. The molecule has 0 aliphatic carbocycles. The summed E-state index contributed by atoms with van der Waals surface area (Å²) >= 11 is 0. The van der Waals surface area contributed by atoms with Crippen molar-refractivity contribution in [2.24, 2.45) is 0 Å². The molecule has 0 amide bonds. The van der Waals surface area contributed by atoms with Gasteiger partial charge in [0, 0.05) is 11.1 Å². The molecule has 0 aliphatic rings. The third-order valence-electron chi connectivity index (χ3n) is 8.48. The quantitative estimate of drug-likeness (QED) is 0.139. The summed E-state index contributed by atoms with van der Waals surface area (Å²) < 4.78 is 0. The average Bonchev–Trinajstić information content (AvgIpc) is 2.85. The Morgan fingerprint density at radius 1 is 0.600 bits per heavy atom. The Bertz CT molecular complexity index is 825. The second-order valence-electron chi connectivity index (χ2n) is 14.4. The zero-order chi connectivity index (χ0) is 30.0. The molecule has 0 bridgehead atoms. The van der Waals surface area contributed by atoms with Gasteiger partial charge in [0.25, 0.3) is 0 Å². The normalized spacial score (nSPS) is 12.3. The predicted molar refractivity (Wildman–Crippen MR) is 174 cm³/mol. The number of hydrogen-bond acceptors (Lipinski definition) is 2. The summed E-state index contributed by atoms with van der Waals surface area (Å²) in [6.07, 6.45) is 27.8. The van der Waals surface area contributed by atoms with Gasteiger partial charge < -0.3 is 10.2 Å². The molecule has 3 nitrogen and oxygen atoms in total. The highest BCUT2D eigenvalue weighted by Crippen LogP contribution is 2.43. The number of aromatic carboxylic acids is 1. The Hall–Kier alpha value is -1.51. The van der Waals surface area contributed by atoms with E-state index < -0.39 is 5.97 Å². The molecule has 2 N–H and O–H groups in total. The second kappa shape index (κ2) is 19.6. The van der Waals surface area contributed by atoms with Gasteiger partial charge in [0.15, 0.2) is 0 Å². The Labute approximate surface area is 248 Å². The Kier molecular flexibility index (Phi) is 17.9. The topological polar surface area (TPSA) is 57.5 Å². The fourth-order valence-corrected chi connectivity index (χ4v) is 6.10. The van der Waals surface area contributed by atoms with E-state index in [9.17, 15) is 15.0 Å². The van der Waals surface area contributed by atoms with Crippen molar-refractivity contribution in [1.29, 1.82) is 0 Å². The van der Waals surface area contributed by atoms with Gasteiger partial charge in [-0.3, -0.25) is 0 Å². The Morgan fingerprint density at radius 3 is 1.25 bits per heavy atom. The third kappa shape index (κ3) is 14.4. The molecule has 232 valence electrons. The van der Waals surface area contributed by atoms with Crippen LogP contribution in [0.3, 0.4) is 0 Å². The zero-order valence-corrected chi connectivity index (χ0v) is 27.7. The van der Waals surface area contributed by atoms with Crippen LogP contribution in [0.5, 0.6) is 5.75 Å². The van der Waals surface area contributed by atoms with Gasteiger partial charge in [-0.2, -0.15) is 0 Å². The van der Waals surface area contributed by atoms with Crippen LogP contribution in [0.15, 0.2) is 6.07 Å². The lowest BCUT2D eigenvalue weighted by molar-refractivity contribution is 0.0695. The van der Waals surface area contributed by atoms with Gasteiger partial charge in [0.05, 0.1) is 5.56 Å². The van der Waals surface area contributed by atoms with Gasteiger partial charge >= 0.3 is 5.97 Å². The second-order valence-corrected chi connectivity index (χ2v) is 14.4. The maximum atomic E-state index is 12.2. The number of unbranched alkanes of at least 4 members (excludes halogenated alkanes) is 19. The first-order chi connectivity index (χ1) is 18.9. The third-order valence-corrected chi connectivity index (χ3v) is 8.48. The molecular formula is C37H66O3. The average molecular weight is 559 g/mol. The summed E-state index contributed by atoms with van der Waals surface area (Å²) in [5, 5.41) is 21.2. The molecule has 40 heavy (non-hydrogen) atoms. The first-order valence-corrected chi connectivity index (χ1v) is 17.0. The molecule has 3 heteroatoms. The molecule has 0 spiro atoms. The van der Waals surface area contributed by atoms with Crippen LogP contribution < -0.4 is 0 Å². The maximum Gasteiger partial charge on any atom is 0.335 e. The SMILES string of the molecule is CCCCCCCCCCCCCCCCCCCCCCc1c(C(=O)O)cc(C(C)(C)C)c(O)c1C(C)(C)C. The van der Waals surface area contributed by atoms with Crippen LogP contribution in [0.25, 0.3) is 0 Å². The highest BCUT2D eigenvalue weighted by atomic mass is 16.4. The van der Waals surface area contributed by atoms with Crippen molar-refractivity contribution in [3.63, 3.8) is 0 Å². The van der Waals surface area contributed by atoms with E-state index in [2.05, 4.69) is 27.7 Å². The van der Waals surface area contributed by atoms with Crippen molar-refractivity contribution in [1.82, 2.24) is 0 Å². The Morgan fingerprint density at radius 2 is 0.950 bits per heavy atom. The molecule has 0 heterocycles. The molecule has 0 radical (unpaired) electrons. The van der Waals surface area contributed by atoms with Gasteiger partial charge in [0.1, 0.15) is 5.75 Å². The number of aromatic hydroxyl groups is 1. The molecule has 0 atom stereocenters. The molecule has 1 aromatic carbocycles. The molecule has 1 aromatic rings. The lowest BCUT2D eigenvalue weighted by Gasteiger charge is -2.30. The Balaban J connectivity index is 2.25. The summed E-state index contributed by atoms with van der Waals surface area (Å²) in [7, 11) is 0. The van der Waals surface area contributed by atoms with Crippen molar-refractivity contribution >= 4 is 5.97 Å². The van der Waals surface area contributed by atoms with E-state index in [4.69, 9.17) is 0 Å². The van der Waals surface area contributed by atoms with E-state index in [1.807, 2.05) is 20.8 Å². The van der Waals surface area contributed by atoms with Gasteiger partial charge in [0.2, 0.25) is 0 Å². The van der Waals surface area contributed by atoms with Crippen molar-refractivity contribution < 1.29 is 15.0 Å². The van der Waals surface area contributed by atoms with E-state index in [0.717, 1.165) is 29.5 Å². The molecule has 0 unspecified atom stereocenters. The van der Waals surface area contributed by atoms with Gasteiger partial charge in [-0.25, -0.2) is 4.79 Å². The highest BCUT2D eigenvalue weighted by Gasteiger charge is 2.31. The minimum absolute atomic E-state index is 0.285. The van der Waals surface area contributed by atoms with Crippen LogP contribution in [-0.2, 0) is 17.3 Å². The van der Waals surface area contributed by atoms with E-state index in [1.165, 1.54) is 116 Å². The van der Waals surface area contributed by atoms with Crippen molar-refractivity contribution in [3.05, 3.63) is 28.3 Å². The molecule has 0 saturated heterocycles. The largest absolute Gasteiger partial charge is 0.507 e. The van der Waals surface area contributed by atoms with Gasteiger partial charge in [-0.15, -0.1) is 0 Å². The number of hydrogen-bond donors (Lipinski definition) is 2. The highest BCUT2D eigenvalue weighted by molar-refractivity contribution is 5.91. The van der Waals surface area contributed by atoms with Crippen LogP contribution in [-0.4, -0.2) is 16.2 Å². The molecule has 1 rings (SSSR count). The number of carboxylic acid groups (broad SMARTS) is 1. The zero-order valence-electron chi connectivity index (χ0n) is 27.7. The summed E-state index contributed by atoms with van der Waals surface area (Å²) in [4.78, 5) is 12.2. The molecule has 0 saturated carbocycles. The van der Waals surface area contributed by atoms with E-state index in [-0.39, 0.29) is 16.6 Å². The van der Waals surface area contributed by atoms with Crippen molar-refractivity contribution in [3.8, 4) is 5.75 Å². The smallest absolute Gasteiger partial charge is 0.335 e. The maximum absolute atomic E-state index is 12.2. The van der Waals surface area contributed by atoms with E-state index >= 15 is 0 Å². The number of carbonyl (C=O) groups is 1. The number of carboxylic acids is 1. The minimum atomic E-state index is -0.890. The standard InChI is InChI=1S/C37H66O3/c1-8-9-10-11-12-13-14-15-16-17-18-19-20-21-22-23-24-25-26-27-28-30-31(35(39)40)29-32(36(2,3)4)34(38)33(30)37(5,6)7/h29,38H,8-28H2,1-7H3,(H,39,40). The predicted octanol–water partition coefficient (Wildman–Crippen LogP) is 12.0. The number of phenolic OH excluding ortho intramolecular Hbond substituents is 1. The first kappa shape index (κ1) is 36.5. The van der Waals surface area contributed by atoms with Crippen LogP contribution in [0.4, 0.5) is 0 Å². The molecule has 0 aliphatic heterocycles. The molecule has 0 fully saturated rings. The van der Waals surface area contributed by atoms with Crippen molar-refractivity contribution in [2.75, 3.05) is 0 Å². The van der Waals surface area contributed by atoms with Gasteiger partial charge in [-0.05, 0) is 35.3 Å². The van der Waals surface area contributed by atoms with Crippen LogP contribution >= 0.6 is 0 Å². The summed E-state index contributed by atoms with van der Waals surface area (Å²) in [5.74, 6) is -0.604. The first-order valence-electron chi connectivity index (χ1n) is 17.0. The van der Waals surface area contributed by atoms with E-state index in [0.29, 0.717) is 12.0 Å². The monoisotopic (exact) mass is 559 g/mol. The van der Waals surface area contributed by atoms with Crippen LogP contribution in [0.1, 0.15) is 204 Å². The lowest BCUT2D eigenvalue weighted by Crippen LogP contribution is -2.22. The fraction of sp³-hybridized carbons (Fsp3) is 0.811. The van der Waals surface area contributed by atoms with E-state index in [1.54, 1.807) is 6.07 Å². The summed E-state index contributed by atoms with van der Waals surface area (Å²) in [6, 6.07) is 1.72. The van der Waals surface area contributed by atoms with Gasteiger partial charge in [-0.1, -0.05) is 170 Å². The molecule has 0 aromatic heterocycles. The van der Waals surface area contributed by atoms with Crippen LogP contribution in [0.2, 0.25) is 0 Å². The van der Waals surface area contributed by atoms with Crippen LogP contribution in [0, 0.1) is 0 Å². The number of benzene rings is 1. The number of rotatable bonds is 22.